The Kier molecular flexibility index (Phi) is 6.89. The lowest BCUT2D eigenvalue weighted by atomic mass is 9.96. The van der Waals surface area contributed by atoms with Gasteiger partial charge in [-0.1, -0.05) is 51.1 Å². The quantitative estimate of drug-likeness (QED) is 0.239. The Labute approximate surface area is 227 Å². The summed E-state index contributed by atoms with van der Waals surface area (Å²) in [5, 5.41) is 9.20. The fourth-order valence-corrected chi connectivity index (χ4v) is 5.32. The number of nitrogens with zero attached hydrogens (tertiary/aromatic N) is 4. The van der Waals surface area contributed by atoms with Crippen molar-refractivity contribution in [3.8, 4) is 5.69 Å². The molecule has 202 valence electrons. The van der Waals surface area contributed by atoms with Gasteiger partial charge in [-0.3, -0.25) is 4.79 Å². The molecule has 8 nitrogen and oxygen atoms in total. The molecule has 3 aromatic heterocycles. The smallest absolute Gasteiger partial charge is 0.342 e. The number of esters is 1. The topological polar surface area (TPSA) is 91.6 Å². The zero-order valence-electron chi connectivity index (χ0n) is 23.5. The zero-order chi connectivity index (χ0) is 28.0. The van der Waals surface area contributed by atoms with Gasteiger partial charge in [-0.15, -0.1) is 10.2 Å². The number of ether oxygens (including phenoxy) is 1. The highest BCUT2D eigenvalue weighted by molar-refractivity contribution is 6.04. The normalized spacial score (nSPS) is 12.5. The van der Waals surface area contributed by atoms with Crippen LogP contribution >= 0.6 is 0 Å². The van der Waals surface area contributed by atoms with Crippen LogP contribution in [0.5, 0.6) is 0 Å². The van der Waals surface area contributed by atoms with Crippen LogP contribution in [0, 0.1) is 26.7 Å². The first-order valence-electron chi connectivity index (χ1n) is 13.4. The molecular weight excluding hydrogens is 492 g/mol. The summed E-state index contributed by atoms with van der Waals surface area (Å²) in [6.07, 6.45) is 1.01. The third kappa shape index (κ3) is 4.64. The van der Waals surface area contributed by atoms with Gasteiger partial charge in [-0.2, -0.15) is 0 Å². The average molecular weight is 527 g/mol. The highest BCUT2D eigenvalue weighted by Crippen LogP contribution is 2.31. The number of hydrogen-bond acceptors (Lipinski definition) is 6. The van der Waals surface area contributed by atoms with Gasteiger partial charge >= 0.3 is 5.97 Å². The van der Waals surface area contributed by atoms with Crippen LogP contribution in [0.2, 0.25) is 0 Å². The van der Waals surface area contributed by atoms with Gasteiger partial charge in [0.05, 0.1) is 12.3 Å². The molecule has 5 aromatic rings. The van der Waals surface area contributed by atoms with E-state index in [0.717, 1.165) is 23.1 Å². The Hall–Kier alpha value is -4.20. The molecular formula is C31H34N4O4. The first-order chi connectivity index (χ1) is 18.6. The molecule has 8 heteroatoms. The van der Waals surface area contributed by atoms with E-state index in [1.165, 1.54) is 10.1 Å². The minimum Gasteiger partial charge on any atom is -0.462 e. The van der Waals surface area contributed by atoms with Crippen LogP contribution < -0.4 is 5.56 Å². The first kappa shape index (κ1) is 26.4. The Morgan fingerprint density at radius 2 is 1.67 bits per heavy atom. The van der Waals surface area contributed by atoms with Crippen molar-refractivity contribution in [3.63, 3.8) is 0 Å². The van der Waals surface area contributed by atoms with Crippen molar-refractivity contribution in [1.29, 1.82) is 0 Å². The molecule has 1 atom stereocenters. The molecule has 3 heterocycles. The molecule has 0 spiro atoms. The van der Waals surface area contributed by atoms with Crippen LogP contribution in [-0.2, 0) is 11.2 Å². The highest BCUT2D eigenvalue weighted by atomic mass is 16.5. The third-order valence-electron chi connectivity index (χ3n) is 7.01. The Bertz CT molecular complexity index is 1740. The fourth-order valence-electron chi connectivity index (χ4n) is 5.32. The standard InChI is InChI=1S/C31H34N4O4/c1-8-38-30(37)25-21(7)39-29-26(25)28(36)34(24-15-18(4)14-19(5)16-24)31-33-32-27(35(29)31)20(6)23-11-9-22(10-12-23)13-17(2)3/h9-12,14-17,20H,8,13H2,1-7H3. The van der Waals surface area contributed by atoms with Crippen molar-refractivity contribution in [2.75, 3.05) is 6.61 Å². The van der Waals surface area contributed by atoms with E-state index in [2.05, 4.69) is 48.3 Å². The SMILES string of the molecule is CCOC(=O)c1c(C)oc2c1c(=O)n(-c1cc(C)cc(C)c1)c1nnc(C(C)c3ccc(CC(C)C)cc3)n21. The molecule has 0 saturated heterocycles. The number of aryl methyl sites for hydroxylation is 3. The zero-order valence-corrected chi connectivity index (χ0v) is 23.5. The second-order valence-corrected chi connectivity index (χ2v) is 10.7. The Balaban J connectivity index is 1.81. The molecule has 5 rings (SSSR count). The van der Waals surface area contributed by atoms with E-state index in [9.17, 15) is 9.59 Å². The van der Waals surface area contributed by atoms with Crippen molar-refractivity contribution in [3.05, 3.63) is 92.2 Å². The van der Waals surface area contributed by atoms with Crippen molar-refractivity contribution in [1.82, 2.24) is 19.2 Å². The lowest BCUT2D eigenvalue weighted by Crippen LogP contribution is -2.23. The second-order valence-electron chi connectivity index (χ2n) is 10.7. The van der Waals surface area contributed by atoms with Gasteiger partial charge < -0.3 is 9.15 Å². The maximum atomic E-state index is 14.1. The van der Waals surface area contributed by atoms with Crippen molar-refractivity contribution >= 4 is 22.8 Å². The van der Waals surface area contributed by atoms with Gasteiger partial charge in [0.15, 0.2) is 0 Å². The van der Waals surface area contributed by atoms with Crippen LogP contribution in [0.25, 0.3) is 22.6 Å². The van der Waals surface area contributed by atoms with Crippen LogP contribution in [0.15, 0.2) is 51.7 Å². The van der Waals surface area contributed by atoms with E-state index >= 15 is 0 Å². The molecule has 0 amide bonds. The third-order valence-corrected chi connectivity index (χ3v) is 7.01. The van der Waals surface area contributed by atoms with Crippen molar-refractivity contribution < 1.29 is 13.9 Å². The number of furan rings is 1. The maximum absolute atomic E-state index is 14.1. The van der Waals surface area contributed by atoms with Gasteiger partial charge in [-0.05, 0) is 74.4 Å². The molecule has 0 fully saturated rings. The summed E-state index contributed by atoms with van der Waals surface area (Å²) >= 11 is 0. The van der Waals surface area contributed by atoms with Gasteiger partial charge in [0.25, 0.3) is 5.56 Å². The van der Waals surface area contributed by atoms with E-state index in [1.807, 2.05) is 39.0 Å². The summed E-state index contributed by atoms with van der Waals surface area (Å²) in [6, 6.07) is 14.4. The summed E-state index contributed by atoms with van der Waals surface area (Å²) in [7, 11) is 0. The average Bonchev–Trinajstić information content (AvgIpc) is 3.45. The summed E-state index contributed by atoms with van der Waals surface area (Å²) < 4.78 is 14.7. The highest BCUT2D eigenvalue weighted by Gasteiger charge is 2.30. The number of hydrogen-bond donors (Lipinski definition) is 0. The maximum Gasteiger partial charge on any atom is 0.342 e. The molecule has 0 aliphatic carbocycles. The van der Waals surface area contributed by atoms with Gasteiger partial charge in [0.2, 0.25) is 11.5 Å². The minimum absolute atomic E-state index is 0.127. The largest absolute Gasteiger partial charge is 0.462 e. The summed E-state index contributed by atoms with van der Waals surface area (Å²) in [6.45, 7) is 14.0. The molecule has 1 unspecified atom stereocenters. The first-order valence-corrected chi connectivity index (χ1v) is 13.4. The monoisotopic (exact) mass is 526 g/mol. The fraction of sp³-hybridized carbons (Fsp3) is 0.355. The van der Waals surface area contributed by atoms with Crippen LogP contribution in [0.1, 0.15) is 77.8 Å². The molecule has 0 N–H and O–H groups in total. The predicted octanol–water partition coefficient (Wildman–Crippen LogP) is 6.08. The number of carbonyl (C=O) groups excluding carboxylic acids is 1. The molecule has 2 aromatic carbocycles. The summed E-state index contributed by atoms with van der Waals surface area (Å²) in [5.41, 5.74) is 4.93. The summed E-state index contributed by atoms with van der Waals surface area (Å²) in [4.78, 5) is 27.1. The molecule has 0 radical (unpaired) electrons. The number of rotatable bonds is 7. The molecule has 0 saturated carbocycles. The van der Waals surface area contributed by atoms with Gasteiger partial charge in [0.1, 0.15) is 22.5 Å². The Morgan fingerprint density at radius 1 is 1.00 bits per heavy atom. The van der Waals surface area contributed by atoms with E-state index in [0.29, 0.717) is 29.0 Å². The van der Waals surface area contributed by atoms with Crippen LogP contribution in [-0.4, -0.2) is 31.7 Å². The number of aromatic nitrogens is 4. The predicted molar refractivity (Wildman–Crippen MR) is 151 cm³/mol. The number of fused-ring (bicyclic) bond motifs is 3. The molecule has 0 aliphatic heterocycles. The summed E-state index contributed by atoms with van der Waals surface area (Å²) in [5.74, 6) is 1.04. The van der Waals surface area contributed by atoms with Crippen molar-refractivity contribution in [2.24, 2.45) is 5.92 Å². The van der Waals surface area contributed by atoms with E-state index in [-0.39, 0.29) is 29.2 Å². The lowest BCUT2D eigenvalue weighted by Gasteiger charge is -2.14. The Morgan fingerprint density at radius 3 is 2.28 bits per heavy atom. The van der Waals surface area contributed by atoms with E-state index < -0.39 is 11.5 Å². The van der Waals surface area contributed by atoms with Crippen molar-refractivity contribution in [2.45, 2.75) is 60.8 Å². The van der Waals surface area contributed by atoms with E-state index in [1.54, 1.807) is 18.2 Å². The second kappa shape index (κ2) is 10.2. The molecule has 0 bridgehead atoms. The van der Waals surface area contributed by atoms with Crippen LogP contribution in [0.3, 0.4) is 0 Å². The lowest BCUT2D eigenvalue weighted by molar-refractivity contribution is 0.0526. The van der Waals surface area contributed by atoms with Gasteiger partial charge in [-0.25, -0.2) is 13.8 Å². The van der Waals surface area contributed by atoms with E-state index in [4.69, 9.17) is 9.15 Å². The minimum atomic E-state index is -0.597. The number of carbonyl (C=O) groups is 1. The molecule has 39 heavy (non-hydrogen) atoms. The van der Waals surface area contributed by atoms with Crippen LogP contribution in [0.4, 0.5) is 0 Å². The number of benzene rings is 2. The van der Waals surface area contributed by atoms with Gasteiger partial charge in [0, 0.05) is 5.92 Å². The molecule has 0 aliphatic rings.